The molecular formula is C12H14N2O3. The fraction of sp³-hybridized carbons (Fsp3) is 0.333. The van der Waals surface area contributed by atoms with Crippen molar-refractivity contribution in [2.24, 2.45) is 0 Å². The number of anilines is 1. The van der Waals surface area contributed by atoms with Gasteiger partial charge in [0.15, 0.2) is 0 Å². The highest BCUT2D eigenvalue weighted by molar-refractivity contribution is 6.17. The van der Waals surface area contributed by atoms with Crippen LogP contribution in [0.5, 0.6) is 0 Å². The van der Waals surface area contributed by atoms with Crippen LogP contribution in [0.25, 0.3) is 0 Å². The van der Waals surface area contributed by atoms with Gasteiger partial charge < -0.3 is 10.1 Å². The zero-order valence-corrected chi connectivity index (χ0v) is 9.82. The lowest BCUT2D eigenvalue weighted by Gasteiger charge is -2.13. The Kier molecular flexibility index (Phi) is 3.10. The van der Waals surface area contributed by atoms with Crippen LogP contribution >= 0.6 is 0 Å². The van der Waals surface area contributed by atoms with Gasteiger partial charge in [0.2, 0.25) is 5.91 Å². The first kappa shape index (κ1) is 11.6. The van der Waals surface area contributed by atoms with Gasteiger partial charge in [-0.15, -0.1) is 0 Å². The monoisotopic (exact) mass is 234 g/mol. The molecule has 1 N–H and O–H groups in total. The molecule has 17 heavy (non-hydrogen) atoms. The molecule has 0 radical (unpaired) electrons. The van der Waals surface area contributed by atoms with Crippen molar-refractivity contribution < 1.29 is 14.3 Å². The number of hydrogen-bond acceptors (Lipinski definition) is 4. The second-order valence-electron chi connectivity index (χ2n) is 3.87. The molecule has 1 aliphatic rings. The minimum atomic E-state index is -0.630. The summed E-state index contributed by atoms with van der Waals surface area (Å²) >= 11 is 0. The molecule has 0 spiro atoms. The normalized spacial score (nSPS) is 13.8. The third-order valence-electron chi connectivity index (χ3n) is 2.71. The highest BCUT2D eigenvalue weighted by Gasteiger charge is 2.33. The molecule has 1 aliphatic heterocycles. The van der Waals surface area contributed by atoms with Crippen molar-refractivity contribution in [1.82, 2.24) is 5.32 Å². The largest absolute Gasteiger partial charge is 0.452 e. The lowest BCUT2D eigenvalue weighted by Crippen LogP contribution is -2.33. The number of benzene rings is 1. The Bertz CT molecular complexity index is 471. The van der Waals surface area contributed by atoms with E-state index >= 15 is 0 Å². The number of carbonyl (C=O) groups is 2. The van der Waals surface area contributed by atoms with E-state index in [4.69, 9.17) is 0 Å². The number of methoxy groups -OCH3 is 1. The van der Waals surface area contributed by atoms with Crippen LogP contribution in [-0.4, -0.2) is 26.2 Å². The van der Waals surface area contributed by atoms with Crippen molar-refractivity contribution in [2.75, 3.05) is 19.1 Å². The van der Waals surface area contributed by atoms with Gasteiger partial charge in [-0.3, -0.25) is 4.79 Å². The lowest BCUT2D eigenvalue weighted by atomic mass is 10.1. The zero-order valence-electron chi connectivity index (χ0n) is 9.82. The highest BCUT2D eigenvalue weighted by atomic mass is 16.5. The summed E-state index contributed by atoms with van der Waals surface area (Å²) in [5.41, 5.74) is 2.58. The van der Waals surface area contributed by atoms with Crippen LogP contribution in [-0.2, 0) is 22.5 Å². The first-order valence-corrected chi connectivity index (χ1v) is 5.34. The molecule has 5 heteroatoms. The van der Waals surface area contributed by atoms with E-state index in [-0.39, 0.29) is 12.3 Å². The standard InChI is InChI=1S/C12H14N2O3/c1-13-7-8-3-4-10-9(5-8)6-11(15)14(10)12(16)17-2/h3-5,13H,6-7H2,1-2H3. The van der Waals surface area contributed by atoms with Crippen LogP contribution in [0, 0.1) is 0 Å². The van der Waals surface area contributed by atoms with E-state index < -0.39 is 6.09 Å². The van der Waals surface area contributed by atoms with Gasteiger partial charge in [0.25, 0.3) is 0 Å². The summed E-state index contributed by atoms with van der Waals surface area (Å²) in [5.74, 6) is -0.242. The van der Waals surface area contributed by atoms with Crippen molar-refractivity contribution in [2.45, 2.75) is 13.0 Å². The van der Waals surface area contributed by atoms with Crippen molar-refractivity contribution in [1.29, 1.82) is 0 Å². The maximum absolute atomic E-state index is 11.7. The van der Waals surface area contributed by atoms with Crippen molar-refractivity contribution >= 4 is 17.7 Å². The zero-order chi connectivity index (χ0) is 12.4. The van der Waals surface area contributed by atoms with E-state index in [9.17, 15) is 9.59 Å². The minimum Gasteiger partial charge on any atom is -0.452 e. The Morgan fingerprint density at radius 1 is 1.53 bits per heavy atom. The molecule has 2 amide bonds. The van der Waals surface area contributed by atoms with Crippen LogP contribution in [0.1, 0.15) is 11.1 Å². The molecule has 1 aromatic carbocycles. The van der Waals surface area contributed by atoms with E-state index in [2.05, 4.69) is 10.1 Å². The highest BCUT2D eigenvalue weighted by Crippen LogP contribution is 2.30. The van der Waals surface area contributed by atoms with Gasteiger partial charge in [-0.25, -0.2) is 9.69 Å². The fourth-order valence-corrected chi connectivity index (χ4v) is 1.98. The third-order valence-corrected chi connectivity index (χ3v) is 2.71. The molecule has 0 saturated carbocycles. The van der Waals surface area contributed by atoms with Gasteiger partial charge in [0.1, 0.15) is 0 Å². The summed E-state index contributed by atoms with van der Waals surface area (Å²) in [6, 6.07) is 5.61. The van der Waals surface area contributed by atoms with Crippen LogP contribution in [0.2, 0.25) is 0 Å². The molecule has 0 unspecified atom stereocenters. The van der Waals surface area contributed by atoms with Gasteiger partial charge in [-0.2, -0.15) is 0 Å². The number of rotatable bonds is 2. The van der Waals surface area contributed by atoms with Crippen molar-refractivity contribution in [3.05, 3.63) is 29.3 Å². The van der Waals surface area contributed by atoms with Crippen LogP contribution in [0.4, 0.5) is 10.5 Å². The number of ether oxygens (including phenoxy) is 1. The van der Waals surface area contributed by atoms with Gasteiger partial charge in [0.05, 0.1) is 19.2 Å². The van der Waals surface area contributed by atoms with Gasteiger partial charge >= 0.3 is 6.09 Å². The third kappa shape index (κ3) is 2.01. The molecular weight excluding hydrogens is 220 g/mol. The summed E-state index contributed by atoms with van der Waals surface area (Å²) in [7, 11) is 3.13. The van der Waals surface area contributed by atoms with E-state index in [1.807, 2.05) is 19.2 Å². The Labute approximate surface area is 99.4 Å². The number of fused-ring (bicyclic) bond motifs is 1. The van der Waals surface area contributed by atoms with Gasteiger partial charge in [-0.1, -0.05) is 12.1 Å². The van der Waals surface area contributed by atoms with E-state index in [0.717, 1.165) is 22.6 Å². The number of carbonyl (C=O) groups excluding carboxylic acids is 2. The Balaban J connectivity index is 2.35. The fourth-order valence-electron chi connectivity index (χ4n) is 1.98. The lowest BCUT2D eigenvalue weighted by molar-refractivity contribution is -0.116. The molecule has 0 fully saturated rings. The number of nitrogens with one attached hydrogen (secondary N) is 1. The number of nitrogens with zero attached hydrogens (tertiary/aromatic N) is 1. The van der Waals surface area contributed by atoms with Gasteiger partial charge in [-0.05, 0) is 24.2 Å². The molecule has 0 atom stereocenters. The maximum Gasteiger partial charge on any atom is 0.420 e. The predicted molar refractivity (Wildman–Crippen MR) is 62.8 cm³/mol. The Morgan fingerprint density at radius 3 is 2.94 bits per heavy atom. The number of imide groups is 1. The SMILES string of the molecule is CNCc1ccc2c(c1)CC(=O)N2C(=O)OC. The summed E-state index contributed by atoms with van der Waals surface area (Å²) in [6.07, 6.45) is -0.378. The van der Waals surface area contributed by atoms with Crippen LogP contribution < -0.4 is 10.2 Å². The summed E-state index contributed by atoms with van der Waals surface area (Å²) in [6.45, 7) is 0.736. The van der Waals surface area contributed by atoms with Crippen molar-refractivity contribution in [3.8, 4) is 0 Å². The first-order valence-electron chi connectivity index (χ1n) is 5.34. The molecule has 1 heterocycles. The van der Waals surface area contributed by atoms with Crippen molar-refractivity contribution in [3.63, 3.8) is 0 Å². The quantitative estimate of drug-likeness (QED) is 0.831. The molecule has 0 aliphatic carbocycles. The number of hydrogen-bond donors (Lipinski definition) is 1. The molecule has 1 aromatic rings. The molecule has 5 nitrogen and oxygen atoms in total. The van der Waals surface area contributed by atoms with E-state index in [1.165, 1.54) is 7.11 Å². The summed E-state index contributed by atoms with van der Waals surface area (Å²) < 4.78 is 4.59. The van der Waals surface area contributed by atoms with Gasteiger partial charge in [0, 0.05) is 6.54 Å². The number of amides is 2. The topological polar surface area (TPSA) is 58.6 Å². The maximum atomic E-state index is 11.7. The molecule has 0 saturated heterocycles. The van der Waals surface area contributed by atoms with E-state index in [1.54, 1.807) is 6.07 Å². The second kappa shape index (κ2) is 4.55. The molecule has 0 bridgehead atoms. The van der Waals surface area contributed by atoms with E-state index in [0.29, 0.717) is 5.69 Å². The van der Waals surface area contributed by atoms with Crippen LogP contribution in [0.15, 0.2) is 18.2 Å². The predicted octanol–water partition coefficient (Wildman–Crippen LogP) is 1.06. The summed E-state index contributed by atoms with van der Waals surface area (Å²) in [5, 5.41) is 3.04. The molecule has 90 valence electrons. The average molecular weight is 234 g/mol. The summed E-state index contributed by atoms with van der Waals surface area (Å²) in [4.78, 5) is 24.3. The Morgan fingerprint density at radius 2 is 2.29 bits per heavy atom. The first-order chi connectivity index (χ1) is 8.17. The smallest absolute Gasteiger partial charge is 0.420 e. The van der Waals surface area contributed by atoms with Crippen LogP contribution in [0.3, 0.4) is 0 Å². The minimum absolute atomic E-state index is 0.242. The molecule has 2 rings (SSSR count). The average Bonchev–Trinajstić information content (AvgIpc) is 2.64. The molecule has 0 aromatic heterocycles. The Hall–Kier alpha value is -1.88. The second-order valence-corrected chi connectivity index (χ2v) is 3.87.